The zero-order valence-electron chi connectivity index (χ0n) is 45.3. The Morgan fingerprint density at radius 2 is 0.462 bits per heavy atom. The first-order valence-electron chi connectivity index (χ1n) is 27.4. The van der Waals surface area contributed by atoms with Crippen LogP contribution in [0.2, 0.25) is 39.3 Å². The predicted octanol–water partition coefficient (Wildman–Crippen LogP) is 20.4. The summed E-state index contributed by atoms with van der Waals surface area (Å²) in [6.45, 7) is 14.5. The van der Waals surface area contributed by atoms with Crippen LogP contribution < -0.4 is 20.2 Å². The van der Waals surface area contributed by atoms with E-state index in [-0.39, 0.29) is 0 Å². The van der Waals surface area contributed by atoms with Gasteiger partial charge in [0.1, 0.15) is 0 Å². The van der Waals surface area contributed by atoms with Crippen LogP contribution in [0, 0.1) is 0 Å². The number of fused-ring (bicyclic) bond motifs is 2. The Morgan fingerprint density at radius 3 is 0.769 bits per heavy atom. The van der Waals surface area contributed by atoms with Crippen molar-refractivity contribution < 1.29 is 0 Å². The summed E-state index contributed by atoms with van der Waals surface area (Å²) in [5.41, 5.74) is 16.5. The van der Waals surface area contributed by atoms with Crippen molar-refractivity contribution in [3.05, 3.63) is 267 Å². The molecule has 0 saturated carbocycles. The second-order valence-electron chi connectivity index (χ2n) is 23.0. The third-order valence-corrected chi connectivity index (χ3v) is 20.1. The summed E-state index contributed by atoms with van der Waals surface area (Å²) in [4.78, 5) is 4.78. The van der Waals surface area contributed by atoms with E-state index < -0.39 is 16.1 Å². The lowest BCUT2D eigenvalue weighted by atomic mass is 9.85. The van der Waals surface area contributed by atoms with Crippen LogP contribution in [0.15, 0.2) is 267 Å². The van der Waals surface area contributed by atoms with Crippen LogP contribution in [-0.4, -0.2) is 16.1 Å². The lowest BCUT2D eigenvalue weighted by Crippen LogP contribution is -2.37. The van der Waals surface area contributed by atoms with Gasteiger partial charge >= 0.3 is 0 Å². The molecule has 0 spiro atoms. The first-order valence-corrected chi connectivity index (χ1v) is 34.4. The molecule has 0 aromatic heterocycles. The number of benzene rings is 13. The normalized spacial score (nSPS) is 12.0. The first kappa shape index (κ1) is 48.8. The van der Waals surface area contributed by atoms with E-state index in [1.807, 2.05) is 0 Å². The highest BCUT2D eigenvalue weighted by atomic mass is 28.3. The van der Waals surface area contributed by atoms with Crippen molar-refractivity contribution >= 4 is 104 Å². The Morgan fingerprint density at radius 1 is 0.205 bits per heavy atom. The van der Waals surface area contributed by atoms with Gasteiger partial charge in [-0.25, -0.2) is 0 Å². The molecule has 4 heteroatoms. The number of hydrogen-bond donors (Lipinski definition) is 0. The molecular formula is C74H62N2Si2. The monoisotopic (exact) mass is 1030 g/mol. The maximum absolute atomic E-state index is 2.41. The number of rotatable bonds is 12. The molecule has 0 N–H and O–H groups in total. The van der Waals surface area contributed by atoms with Crippen molar-refractivity contribution in [1.82, 2.24) is 0 Å². The molecule has 13 aromatic rings. The molecule has 2 nitrogen and oxygen atoms in total. The third-order valence-electron chi connectivity index (χ3n) is 16.0. The quantitative estimate of drug-likeness (QED) is 0.0684. The van der Waals surface area contributed by atoms with E-state index in [1.54, 1.807) is 0 Å². The average Bonchev–Trinajstić information content (AvgIpc) is 3.65. The highest BCUT2D eigenvalue weighted by molar-refractivity contribution is 6.89. The molecule has 0 amide bonds. The zero-order chi connectivity index (χ0) is 53.1. The molecular weight excluding hydrogens is 973 g/mol. The summed E-state index contributed by atoms with van der Waals surface area (Å²) < 4.78 is 0. The summed E-state index contributed by atoms with van der Waals surface area (Å²) in [7, 11) is -2.95. The van der Waals surface area contributed by atoms with Crippen LogP contribution in [0.25, 0.3) is 87.6 Å². The van der Waals surface area contributed by atoms with Crippen molar-refractivity contribution in [3.8, 4) is 44.5 Å². The lowest BCUT2D eigenvalue weighted by Gasteiger charge is -2.27. The highest BCUT2D eigenvalue weighted by Crippen LogP contribution is 2.46. The summed E-state index contributed by atoms with van der Waals surface area (Å²) >= 11 is 0. The molecule has 0 atom stereocenters. The van der Waals surface area contributed by atoms with Gasteiger partial charge in [-0.1, -0.05) is 244 Å². The Balaban J connectivity index is 0.854. The molecule has 0 heterocycles. The fraction of sp³-hybridized carbons (Fsp3) is 0.0811. The Labute approximate surface area is 461 Å². The van der Waals surface area contributed by atoms with Crippen molar-refractivity contribution in [2.75, 3.05) is 9.80 Å². The molecule has 0 radical (unpaired) electrons. The second kappa shape index (κ2) is 19.6. The Kier molecular flexibility index (Phi) is 12.3. The van der Waals surface area contributed by atoms with Gasteiger partial charge in [0.15, 0.2) is 0 Å². The third kappa shape index (κ3) is 8.97. The fourth-order valence-electron chi connectivity index (χ4n) is 11.8. The summed E-state index contributed by atoms with van der Waals surface area (Å²) in [5, 5.41) is 13.2. The minimum Gasteiger partial charge on any atom is -0.311 e. The van der Waals surface area contributed by atoms with Crippen LogP contribution in [0.3, 0.4) is 0 Å². The van der Waals surface area contributed by atoms with E-state index in [0.717, 1.165) is 34.1 Å². The molecule has 0 unspecified atom stereocenters. The lowest BCUT2D eigenvalue weighted by molar-refractivity contribution is 1.28. The minimum absolute atomic E-state index is 1.12. The van der Waals surface area contributed by atoms with Crippen molar-refractivity contribution in [2.45, 2.75) is 39.3 Å². The largest absolute Gasteiger partial charge is 0.311 e. The molecule has 0 aliphatic rings. The summed E-state index contributed by atoms with van der Waals surface area (Å²) in [6.07, 6.45) is 0. The van der Waals surface area contributed by atoms with E-state index in [9.17, 15) is 0 Å². The van der Waals surface area contributed by atoms with Gasteiger partial charge in [-0.15, -0.1) is 0 Å². The molecule has 0 aliphatic carbocycles. The summed E-state index contributed by atoms with van der Waals surface area (Å²) in [5.74, 6) is 0. The van der Waals surface area contributed by atoms with E-state index in [4.69, 9.17) is 0 Å². The molecule has 0 saturated heterocycles. The maximum atomic E-state index is 2.41. The predicted molar refractivity (Wildman–Crippen MR) is 345 cm³/mol. The van der Waals surface area contributed by atoms with E-state index in [1.165, 1.54) is 98.0 Å². The van der Waals surface area contributed by atoms with E-state index >= 15 is 0 Å². The van der Waals surface area contributed by atoms with Crippen molar-refractivity contribution in [3.63, 3.8) is 0 Å². The van der Waals surface area contributed by atoms with Gasteiger partial charge < -0.3 is 9.80 Å². The van der Waals surface area contributed by atoms with Gasteiger partial charge in [0.05, 0.1) is 16.1 Å². The topological polar surface area (TPSA) is 6.48 Å². The van der Waals surface area contributed by atoms with Crippen LogP contribution in [0.5, 0.6) is 0 Å². The van der Waals surface area contributed by atoms with Crippen LogP contribution in [0.1, 0.15) is 0 Å². The fourth-order valence-corrected chi connectivity index (χ4v) is 14.1. The van der Waals surface area contributed by atoms with Crippen LogP contribution in [0.4, 0.5) is 34.1 Å². The van der Waals surface area contributed by atoms with Crippen molar-refractivity contribution in [1.29, 1.82) is 0 Å². The standard InChI is InChI=1S/C74H62N2Si2/c1-77(2,3)63-43-39-61(40-44-63)75(57-31-23-53(24-32-57)51-15-9-7-10-16-51)59-35-27-55(28-36-59)65-47-49-71-70-22-14-20-68-66(48-50-72(74(68)70)69-21-13-19-67(65)73(69)71)56-29-37-60(38-30-56)76(62-41-45-64(46-42-62)78(4,5)6)58-33-25-54(26-34-58)52-17-11-8-12-18-52/h7-50H,1-6H3. The van der Waals surface area contributed by atoms with Crippen molar-refractivity contribution in [2.24, 2.45) is 0 Å². The summed E-state index contributed by atoms with van der Waals surface area (Å²) in [6, 6.07) is 99.3. The Hall–Kier alpha value is -8.81. The van der Waals surface area contributed by atoms with Crippen LogP contribution in [-0.2, 0) is 0 Å². The molecule has 376 valence electrons. The molecule has 78 heavy (non-hydrogen) atoms. The smallest absolute Gasteiger partial charge is 0.0775 e. The Bertz CT molecular complexity index is 3950. The number of nitrogens with zero attached hydrogens (tertiary/aromatic N) is 2. The van der Waals surface area contributed by atoms with Gasteiger partial charge in [0.25, 0.3) is 0 Å². The molecule has 13 rings (SSSR count). The van der Waals surface area contributed by atoms with Gasteiger partial charge in [0, 0.05) is 34.1 Å². The van der Waals surface area contributed by atoms with Gasteiger partial charge in [-0.05, 0) is 160 Å². The molecule has 0 bridgehead atoms. The van der Waals surface area contributed by atoms with E-state index in [2.05, 4.69) is 316 Å². The SMILES string of the molecule is C[Si](C)(C)c1ccc(N(c2ccc(-c3ccccc3)cc2)c2ccc(-c3ccc4c5cccc6c(-c7ccc(N(c8ccc(-c9ccccc9)cc8)c8ccc([Si](C)(C)C)cc8)cc7)ccc(c7cccc3c74)c65)cc2)cc1. The number of anilines is 6. The molecule has 0 fully saturated rings. The van der Waals surface area contributed by atoms with Gasteiger partial charge in [-0.2, -0.15) is 0 Å². The van der Waals surface area contributed by atoms with Gasteiger partial charge in [-0.3, -0.25) is 0 Å². The second-order valence-corrected chi connectivity index (χ2v) is 33.1. The minimum atomic E-state index is -1.47. The molecule has 13 aromatic carbocycles. The number of hydrogen-bond acceptors (Lipinski definition) is 2. The zero-order valence-corrected chi connectivity index (χ0v) is 47.3. The molecule has 0 aliphatic heterocycles. The maximum Gasteiger partial charge on any atom is 0.0775 e. The first-order chi connectivity index (χ1) is 37.9. The highest BCUT2D eigenvalue weighted by Gasteiger charge is 2.22. The average molecular weight is 1040 g/mol. The van der Waals surface area contributed by atoms with E-state index in [0.29, 0.717) is 0 Å². The van der Waals surface area contributed by atoms with Crippen LogP contribution >= 0.6 is 0 Å². The van der Waals surface area contributed by atoms with Gasteiger partial charge in [0.2, 0.25) is 0 Å².